The number of nitrogens with one attached hydrogen (secondary N) is 2. The van der Waals surface area contributed by atoms with E-state index in [0.29, 0.717) is 15.7 Å². The van der Waals surface area contributed by atoms with Crippen molar-refractivity contribution < 1.29 is 4.79 Å². The van der Waals surface area contributed by atoms with Gasteiger partial charge in [-0.25, -0.2) is 4.79 Å². The molecule has 28 heavy (non-hydrogen) atoms. The van der Waals surface area contributed by atoms with E-state index < -0.39 is 0 Å². The number of nitrogens with zero attached hydrogens (tertiary/aromatic N) is 1. The molecule has 1 aliphatic rings. The molecular formula is C20H18BrCl2N3O2. The Morgan fingerprint density at radius 3 is 2.61 bits per heavy atom. The summed E-state index contributed by atoms with van der Waals surface area (Å²) in [5.41, 5.74) is 2.16. The molecule has 1 aliphatic carbocycles. The molecule has 1 heterocycles. The SMILES string of the molecule is O=C(Nc1ccc(Cl)cc1Cl)C1CCC(n2c(=O)[nH]c3c(Br)cccc32)CC1. The number of fused-ring (bicyclic) bond motifs is 1. The topological polar surface area (TPSA) is 66.9 Å². The van der Waals surface area contributed by atoms with Gasteiger partial charge in [-0.3, -0.25) is 9.36 Å². The second-order valence-corrected chi connectivity index (χ2v) is 8.75. The molecule has 5 nitrogen and oxygen atoms in total. The molecule has 2 N–H and O–H groups in total. The van der Waals surface area contributed by atoms with Crippen LogP contribution in [0.5, 0.6) is 0 Å². The maximum absolute atomic E-state index is 12.6. The van der Waals surface area contributed by atoms with Crippen molar-refractivity contribution in [2.24, 2.45) is 5.92 Å². The molecule has 0 radical (unpaired) electrons. The first-order valence-corrected chi connectivity index (χ1v) is 10.6. The first-order chi connectivity index (χ1) is 13.4. The van der Waals surface area contributed by atoms with Crippen LogP contribution in [0.2, 0.25) is 10.0 Å². The quantitative estimate of drug-likeness (QED) is 0.497. The normalized spacial score (nSPS) is 19.7. The highest BCUT2D eigenvalue weighted by molar-refractivity contribution is 9.10. The van der Waals surface area contributed by atoms with Crippen molar-refractivity contribution in [1.29, 1.82) is 0 Å². The van der Waals surface area contributed by atoms with E-state index in [2.05, 4.69) is 26.2 Å². The third-order valence-electron chi connectivity index (χ3n) is 5.32. The van der Waals surface area contributed by atoms with Crippen molar-refractivity contribution in [2.75, 3.05) is 5.32 Å². The fourth-order valence-corrected chi connectivity index (χ4v) is 4.81. The van der Waals surface area contributed by atoms with Gasteiger partial charge in [-0.1, -0.05) is 29.3 Å². The molecule has 0 atom stereocenters. The highest BCUT2D eigenvalue weighted by Crippen LogP contribution is 2.35. The number of rotatable bonds is 3. The Hall–Kier alpha value is -1.76. The zero-order valence-corrected chi connectivity index (χ0v) is 17.9. The summed E-state index contributed by atoms with van der Waals surface area (Å²) in [5.74, 6) is -0.146. The first-order valence-electron chi connectivity index (χ1n) is 9.08. The van der Waals surface area contributed by atoms with E-state index in [4.69, 9.17) is 23.2 Å². The number of anilines is 1. The first kappa shape index (κ1) is 19.6. The monoisotopic (exact) mass is 481 g/mol. The number of H-pyrrole nitrogens is 1. The fourth-order valence-electron chi connectivity index (χ4n) is 3.90. The Balaban J connectivity index is 1.46. The molecule has 0 spiro atoms. The minimum Gasteiger partial charge on any atom is -0.325 e. The van der Waals surface area contributed by atoms with Gasteiger partial charge in [0.1, 0.15) is 0 Å². The zero-order valence-electron chi connectivity index (χ0n) is 14.8. The van der Waals surface area contributed by atoms with E-state index in [0.717, 1.165) is 41.2 Å². The number of imidazole rings is 1. The lowest BCUT2D eigenvalue weighted by Gasteiger charge is -2.28. The van der Waals surface area contributed by atoms with Crippen LogP contribution in [0.15, 0.2) is 45.7 Å². The van der Waals surface area contributed by atoms with Crippen LogP contribution in [0.25, 0.3) is 11.0 Å². The molecule has 1 saturated carbocycles. The summed E-state index contributed by atoms with van der Waals surface area (Å²) in [6.07, 6.45) is 2.97. The maximum atomic E-state index is 12.6. The number of halogens is 3. The van der Waals surface area contributed by atoms with Crippen molar-refractivity contribution in [3.8, 4) is 0 Å². The van der Waals surface area contributed by atoms with Gasteiger partial charge in [0.2, 0.25) is 5.91 Å². The summed E-state index contributed by atoms with van der Waals surface area (Å²) in [5, 5.41) is 3.84. The molecule has 3 aromatic rings. The zero-order chi connectivity index (χ0) is 19.8. The number of benzene rings is 2. The molecule has 0 saturated heterocycles. The van der Waals surface area contributed by atoms with Crippen molar-refractivity contribution in [1.82, 2.24) is 9.55 Å². The van der Waals surface area contributed by atoms with Crippen LogP contribution in [0, 0.1) is 5.92 Å². The number of aromatic amines is 1. The largest absolute Gasteiger partial charge is 0.326 e. The third kappa shape index (κ3) is 3.73. The molecule has 2 aromatic carbocycles. The van der Waals surface area contributed by atoms with Gasteiger partial charge >= 0.3 is 5.69 Å². The lowest BCUT2D eigenvalue weighted by molar-refractivity contribution is -0.121. The Bertz CT molecular complexity index is 1100. The average Bonchev–Trinajstić information content (AvgIpc) is 3.01. The molecule has 1 fully saturated rings. The van der Waals surface area contributed by atoms with Crippen molar-refractivity contribution in [3.63, 3.8) is 0 Å². The van der Waals surface area contributed by atoms with E-state index in [1.54, 1.807) is 18.2 Å². The van der Waals surface area contributed by atoms with Gasteiger partial charge in [0, 0.05) is 21.5 Å². The number of hydrogen-bond acceptors (Lipinski definition) is 2. The number of amides is 1. The van der Waals surface area contributed by atoms with Crippen LogP contribution >= 0.6 is 39.1 Å². The number of carbonyl (C=O) groups is 1. The molecule has 146 valence electrons. The van der Waals surface area contributed by atoms with E-state index in [-0.39, 0.29) is 23.6 Å². The minimum atomic E-state index is -0.109. The maximum Gasteiger partial charge on any atom is 0.326 e. The molecule has 8 heteroatoms. The van der Waals surface area contributed by atoms with Crippen LogP contribution in [0.1, 0.15) is 31.7 Å². The van der Waals surface area contributed by atoms with Gasteiger partial charge in [0.25, 0.3) is 0 Å². The molecule has 4 rings (SSSR count). The van der Waals surface area contributed by atoms with Crippen molar-refractivity contribution >= 4 is 61.8 Å². The molecule has 0 unspecified atom stereocenters. The lowest BCUT2D eigenvalue weighted by atomic mass is 9.85. The van der Waals surface area contributed by atoms with Crippen molar-refractivity contribution in [2.45, 2.75) is 31.7 Å². The second-order valence-electron chi connectivity index (χ2n) is 7.05. The molecule has 0 aliphatic heterocycles. The van der Waals surface area contributed by atoms with E-state index >= 15 is 0 Å². The summed E-state index contributed by atoms with van der Waals surface area (Å²) < 4.78 is 2.69. The van der Waals surface area contributed by atoms with Gasteiger partial charge in [0.15, 0.2) is 0 Å². The predicted octanol–water partition coefficient (Wildman–Crippen LogP) is 5.77. The molecule has 1 amide bonds. The van der Waals surface area contributed by atoms with Gasteiger partial charge < -0.3 is 10.3 Å². The van der Waals surface area contributed by atoms with Gasteiger partial charge in [-0.15, -0.1) is 0 Å². The van der Waals surface area contributed by atoms with Crippen molar-refractivity contribution in [3.05, 3.63) is 61.4 Å². The highest BCUT2D eigenvalue weighted by Gasteiger charge is 2.29. The summed E-state index contributed by atoms with van der Waals surface area (Å²) in [6, 6.07) is 10.9. The van der Waals surface area contributed by atoms with E-state index in [1.165, 1.54) is 0 Å². The smallest absolute Gasteiger partial charge is 0.325 e. The van der Waals surface area contributed by atoms with Gasteiger partial charge in [-0.2, -0.15) is 0 Å². The Morgan fingerprint density at radius 2 is 1.89 bits per heavy atom. The summed E-state index contributed by atoms with van der Waals surface area (Å²) in [6.45, 7) is 0. The van der Waals surface area contributed by atoms with Crippen LogP contribution in [0.3, 0.4) is 0 Å². The number of aromatic nitrogens is 2. The number of hydrogen-bond donors (Lipinski definition) is 2. The third-order valence-corrected chi connectivity index (χ3v) is 6.53. The van der Waals surface area contributed by atoms with Gasteiger partial charge in [0.05, 0.1) is 21.7 Å². The summed E-state index contributed by atoms with van der Waals surface area (Å²) >= 11 is 15.5. The second kappa shape index (κ2) is 7.93. The van der Waals surface area contributed by atoms with Crippen LogP contribution < -0.4 is 11.0 Å². The minimum absolute atomic E-state index is 0.0447. The van der Waals surface area contributed by atoms with E-state index in [1.807, 2.05) is 22.8 Å². The Kier molecular flexibility index (Phi) is 5.54. The molecule has 0 bridgehead atoms. The van der Waals surface area contributed by atoms with Crippen LogP contribution in [-0.4, -0.2) is 15.5 Å². The fraction of sp³-hybridized carbons (Fsp3) is 0.300. The lowest BCUT2D eigenvalue weighted by Crippen LogP contribution is -2.31. The highest BCUT2D eigenvalue weighted by atomic mass is 79.9. The molecular weight excluding hydrogens is 465 g/mol. The number of carbonyl (C=O) groups excluding carboxylic acids is 1. The van der Waals surface area contributed by atoms with Crippen LogP contribution in [-0.2, 0) is 4.79 Å². The van der Waals surface area contributed by atoms with E-state index in [9.17, 15) is 9.59 Å². The number of para-hydroxylation sites is 1. The summed E-state index contributed by atoms with van der Waals surface area (Å²) in [7, 11) is 0. The average molecular weight is 483 g/mol. The standard InChI is InChI=1S/C20H18BrCl2N3O2/c21-14-2-1-3-17-18(14)25-20(28)26(17)13-7-4-11(5-8-13)19(27)24-16-9-6-12(22)10-15(16)23/h1-3,6,9-11,13H,4-5,7-8H2,(H,24,27)(H,25,28). The predicted molar refractivity (Wildman–Crippen MR) is 116 cm³/mol. The summed E-state index contributed by atoms with van der Waals surface area (Å²) in [4.78, 5) is 28.1. The van der Waals surface area contributed by atoms with Crippen LogP contribution in [0.4, 0.5) is 5.69 Å². The Morgan fingerprint density at radius 1 is 1.14 bits per heavy atom. The Labute approximate surface area is 180 Å². The molecule has 1 aromatic heterocycles. The van der Waals surface area contributed by atoms with Gasteiger partial charge in [-0.05, 0) is 71.9 Å².